The molecule has 0 fully saturated rings. The van der Waals surface area contributed by atoms with E-state index in [0.717, 1.165) is 43.6 Å². The number of sulfonamides is 1. The third-order valence-electron chi connectivity index (χ3n) is 10.7. The molecule has 0 spiro atoms. The maximum atomic E-state index is 13.3. The molecule has 2 N–H and O–H groups in total. The van der Waals surface area contributed by atoms with E-state index in [4.69, 9.17) is 4.43 Å². The van der Waals surface area contributed by atoms with E-state index in [1.54, 1.807) is 0 Å². The van der Waals surface area contributed by atoms with Gasteiger partial charge in [0.25, 0.3) is 5.69 Å². The van der Waals surface area contributed by atoms with Crippen molar-refractivity contribution < 1.29 is 17.8 Å². The van der Waals surface area contributed by atoms with Gasteiger partial charge in [-0.05, 0) is 107 Å². The summed E-state index contributed by atoms with van der Waals surface area (Å²) in [6.45, 7) is 27.1. The maximum Gasteiger partial charge on any atom is 0.294 e. The van der Waals surface area contributed by atoms with Crippen LogP contribution in [-0.2, 0) is 21.0 Å². The first-order valence-electron chi connectivity index (χ1n) is 18.1. The molecule has 0 aromatic heterocycles. The number of nitro groups is 1. The molecule has 0 heterocycles. The Labute approximate surface area is 300 Å². The van der Waals surface area contributed by atoms with Crippen molar-refractivity contribution >= 4 is 43.5 Å². The van der Waals surface area contributed by atoms with Crippen LogP contribution in [0.4, 0.5) is 17.1 Å². The number of unbranched alkanes of at least 4 members (excludes halogenated alkanes) is 1. The van der Waals surface area contributed by atoms with Gasteiger partial charge >= 0.3 is 0 Å². The summed E-state index contributed by atoms with van der Waals surface area (Å²) in [5.74, 6) is 0.679. The van der Waals surface area contributed by atoms with E-state index in [-0.39, 0.29) is 33.1 Å². The van der Waals surface area contributed by atoms with Crippen molar-refractivity contribution in [3.63, 3.8) is 0 Å². The molecule has 0 bridgehead atoms. The molecule has 0 aliphatic heterocycles. The normalized spacial score (nSPS) is 13.3. The average Bonchev–Trinajstić information content (AvgIpc) is 2.97. The molecule has 0 atom stereocenters. The van der Waals surface area contributed by atoms with Gasteiger partial charge in [-0.1, -0.05) is 78.7 Å². The lowest BCUT2D eigenvalue weighted by atomic mass is 10.1. The number of nitrogens with zero attached hydrogens (tertiary/aromatic N) is 2. The minimum atomic E-state index is -3.95. The Balaban J connectivity index is 2.07. The number of nitro benzene ring substituents is 1. The first-order valence-corrected chi connectivity index (χ1v) is 25.7. The predicted octanol–water partition coefficient (Wildman–Crippen LogP) is 10.1. The van der Waals surface area contributed by atoms with Crippen LogP contribution in [0.2, 0.25) is 37.3 Å². The highest BCUT2D eigenvalue weighted by molar-refractivity contribution is 7.89. The number of nitrogens with one attached hydrogen (secondary N) is 2. The maximum absolute atomic E-state index is 13.3. The first kappa shape index (κ1) is 43.1. The van der Waals surface area contributed by atoms with E-state index in [1.165, 1.54) is 31.4 Å². The second-order valence-electron chi connectivity index (χ2n) is 16.5. The van der Waals surface area contributed by atoms with E-state index in [9.17, 15) is 18.5 Å². The van der Waals surface area contributed by atoms with Crippen LogP contribution in [-0.4, -0.2) is 60.0 Å². The van der Waals surface area contributed by atoms with Crippen molar-refractivity contribution in [2.75, 3.05) is 25.5 Å². The van der Waals surface area contributed by atoms with E-state index in [2.05, 4.69) is 96.6 Å². The number of anilines is 2. The summed E-state index contributed by atoms with van der Waals surface area (Å²) in [5, 5.41) is 15.1. The number of hydrogen-bond donors (Lipinski definition) is 2. The van der Waals surface area contributed by atoms with Crippen molar-refractivity contribution in [3.05, 3.63) is 58.1 Å². The van der Waals surface area contributed by atoms with Crippen LogP contribution in [0.25, 0.3) is 0 Å². The molecular weight excluding hydrogens is 669 g/mol. The van der Waals surface area contributed by atoms with Crippen molar-refractivity contribution in [1.82, 2.24) is 9.62 Å². The molecule has 9 nitrogen and oxygen atoms in total. The minimum absolute atomic E-state index is 0.122. The summed E-state index contributed by atoms with van der Waals surface area (Å²) in [7, 11) is -5.83. The number of rotatable bonds is 22. The molecule has 0 saturated carbocycles. The van der Waals surface area contributed by atoms with Crippen molar-refractivity contribution in [2.45, 2.75) is 141 Å². The Hall–Kier alpha value is -2.10. The van der Waals surface area contributed by atoms with E-state index >= 15 is 0 Å². The zero-order valence-corrected chi connectivity index (χ0v) is 35.4. The molecule has 0 amide bonds. The van der Waals surface area contributed by atoms with Gasteiger partial charge in [0.15, 0.2) is 8.32 Å². The van der Waals surface area contributed by atoms with E-state index in [0.29, 0.717) is 18.0 Å². The molecule has 49 heavy (non-hydrogen) atoms. The largest absolute Gasteiger partial charge is 0.415 e. The second-order valence-corrected chi connectivity index (χ2v) is 28.3. The zero-order chi connectivity index (χ0) is 37.3. The Morgan fingerprint density at radius 3 is 2.29 bits per heavy atom. The lowest BCUT2D eigenvalue weighted by Crippen LogP contribution is -2.59. The topological polar surface area (TPSA) is 114 Å². The van der Waals surface area contributed by atoms with E-state index < -0.39 is 31.3 Å². The Bertz CT molecular complexity index is 1480. The summed E-state index contributed by atoms with van der Waals surface area (Å²) >= 11 is 0. The van der Waals surface area contributed by atoms with Crippen LogP contribution >= 0.6 is 0 Å². The highest BCUT2D eigenvalue weighted by Crippen LogP contribution is 2.46. The fourth-order valence-electron chi connectivity index (χ4n) is 5.95. The van der Waals surface area contributed by atoms with Crippen molar-refractivity contribution in [1.29, 1.82) is 0 Å². The molecule has 0 saturated heterocycles. The summed E-state index contributed by atoms with van der Waals surface area (Å²) in [6.07, 6.45) is 6.50. The average molecular weight is 735 g/mol. The standard InChI is InChI=1S/C37H66N4O5SSi2/c1-13-14-23-36(4,5)49(11,12)46-37(6,7)48(9,10)26-17-24-38-47(44,45)33-21-22-34(35(28-33)41(42)43)39-32-20-15-19-31(27-32)29-40(8)25-16-18-30(2)3/h15,19-22,27-28,30,38-39H,13-14,16-18,23-26,29H2,1-12H3. The SMILES string of the molecule is CCCCC(C)(C)[Si](C)(C)OC(C)(C)[Si](C)(C)CCCNS(=O)(=O)c1ccc(Nc2cccc(CN(C)CCCC(C)C)c2)c([N+](=O)[O-])c1. The quantitative estimate of drug-likeness (QED) is 0.0536. The predicted molar refractivity (Wildman–Crippen MR) is 212 cm³/mol. The summed E-state index contributed by atoms with van der Waals surface area (Å²) in [4.78, 5) is 13.7. The van der Waals surface area contributed by atoms with E-state index in [1.807, 2.05) is 24.3 Å². The summed E-state index contributed by atoms with van der Waals surface area (Å²) in [5.41, 5.74) is 1.75. The van der Waals surface area contributed by atoms with Gasteiger partial charge in [0, 0.05) is 30.1 Å². The molecule has 2 rings (SSSR count). The fraction of sp³-hybridized carbons (Fsp3) is 0.676. The minimum Gasteiger partial charge on any atom is -0.415 e. The van der Waals surface area contributed by atoms with Gasteiger partial charge in [-0.3, -0.25) is 10.1 Å². The highest BCUT2D eigenvalue weighted by atomic mass is 32.2. The van der Waals surface area contributed by atoms with Crippen LogP contribution < -0.4 is 10.0 Å². The molecule has 2 aromatic rings. The fourth-order valence-corrected chi connectivity index (χ4v) is 12.9. The Kier molecular flexibility index (Phi) is 15.7. The van der Waals surface area contributed by atoms with Crippen LogP contribution in [0.3, 0.4) is 0 Å². The highest BCUT2D eigenvalue weighted by Gasteiger charge is 2.48. The molecule has 0 unspecified atom stereocenters. The van der Waals surface area contributed by atoms with Crippen LogP contribution in [0, 0.1) is 16.0 Å². The molecule has 2 aromatic carbocycles. The Morgan fingerprint density at radius 1 is 1.00 bits per heavy atom. The van der Waals surface area contributed by atoms with Gasteiger partial charge in [-0.2, -0.15) is 0 Å². The lowest BCUT2D eigenvalue weighted by Gasteiger charge is -2.50. The Morgan fingerprint density at radius 2 is 1.67 bits per heavy atom. The van der Waals surface area contributed by atoms with Gasteiger partial charge < -0.3 is 14.6 Å². The van der Waals surface area contributed by atoms with Gasteiger partial charge in [-0.25, -0.2) is 13.1 Å². The lowest BCUT2D eigenvalue weighted by molar-refractivity contribution is -0.384. The molecule has 0 aliphatic carbocycles. The summed E-state index contributed by atoms with van der Waals surface area (Å²) in [6, 6.07) is 12.7. The summed E-state index contributed by atoms with van der Waals surface area (Å²) < 4.78 is 36.3. The van der Waals surface area contributed by atoms with Gasteiger partial charge in [0.05, 0.1) is 17.9 Å². The molecular formula is C37H66N4O5SSi2. The van der Waals surface area contributed by atoms with Gasteiger partial charge in [0.1, 0.15) is 5.69 Å². The molecule has 0 radical (unpaired) electrons. The molecule has 278 valence electrons. The molecule has 0 aliphatic rings. The van der Waals surface area contributed by atoms with Crippen LogP contribution in [0.1, 0.15) is 92.6 Å². The monoisotopic (exact) mass is 734 g/mol. The number of hydrogen-bond acceptors (Lipinski definition) is 7. The number of benzene rings is 2. The third kappa shape index (κ3) is 12.9. The van der Waals surface area contributed by atoms with Gasteiger partial charge in [-0.15, -0.1) is 0 Å². The van der Waals surface area contributed by atoms with Gasteiger partial charge in [0.2, 0.25) is 10.0 Å². The first-order chi connectivity index (χ1) is 22.5. The zero-order valence-electron chi connectivity index (χ0n) is 32.5. The van der Waals surface area contributed by atoms with Crippen LogP contribution in [0.5, 0.6) is 0 Å². The molecule has 12 heteroatoms. The smallest absolute Gasteiger partial charge is 0.294 e. The van der Waals surface area contributed by atoms with Crippen molar-refractivity contribution in [2.24, 2.45) is 5.92 Å². The van der Waals surface area contributed by atoms with Crippen LogP contribution in [0.15, 0.2) is 47.4 Å². The second kappa shape index (κ2) is 17.9. The van der Waals surface area contributed by atoms with Crippen molar-refractivity contribution in [3.8, 4) is 0 Å². The third-order valence-corrected chi connectivity index (χ3v) is 21.8.